The second-order valence-electron chi connectivity index (χ2n) is 5.81. The summed E-state index contributed by atoms with van der Waals surface area (Å²) in [5.41, 5.74) is 3.32. The molecular formula is C22H15N3O6. The highest BCUT2D eigenvalue weighted by Crippen LogP contribution is 2.27. The first-order chi connectivity index (χ1) is 15.2. The largest absolute Gasteiger partial charge is 0.437 e. The third-order valence-corrected chi connectivity index (χ3v) is 3.87. The maximum atomic E-state index is 10.9. The van der Waals surface area contributed by atoms with E-state index in [-0.39, 0.29) is 5.75 Å². The van der Waals surface area contributed by atoms with Crippen LogP contribution in [0.25, 0.3) is 34.9 Å². The number of nitrogens with zero attached hydrogens (tertiary/aromatic N) is 3. The summed E-state index contributed by atoms with van der Waals surface area (Å²) in [6, 6.07) is 10.0. The van der Waals surface area contributed by atoms with Crippen LogP contribution in [0.3, 0.4) is 0 Å². The fourth-order valence-electron chi connectivity index (χ4n) is 2.57. The van der Waals surface area contributed by atoms with E-state index in [1.165, 1.54) is 12.5 Å². The molecule has 0 aliphatic heterocycles. The van der Waals surface area contributed by atoms with Crippen molar-refractivity contribution < 1.29 is 28.6 Å². The fourth-order valence-corrected chi connectivity index (χ4v) is 2.57. The van der Waals surface area contributed by atoms with Gasteiger partial charge < -0.3 is 14.2 Å². The van der Waals surface area contributed by atoms with Crippen LogP contribution in [0.2, 0.25) is 0 Å². The number of hydrogen-bond acceptors (Lipinski definition) is 9. The number of aromatic nitrogens is 3. The number of rotatable bonds is 10. The van der Waals surface area contributed by atoms with Gasteiger partial charge in [-0.3, -0.25) is 24.4 Å². The van der Waals surface area contributed by atoms with Crippen molar-refractivity contribution >= 4 is 31.6 Å². The van der Waals surface area contributed by atoms with Gasteiger partial charge in [-0.1, -0.05) is 0 Å². The normalized spacial score (nSPS) is 10.7. The molecule has 0 bridgehead atoms. The summed E-state index contributed by atoms with van der Waals surface area (Å²) in [6.07, 6.45) is 8.81. The summed E-state index contributed by atoms with van der Waals surface area (Å²) in [7, 11) is 0. The van der Waals surface area contributed by atoms with Gasteiger partial charge in [-0.05, 0) is 47.5 Å². The molecule has 0 spiro atoms. The third kappa shape index (κ3) is 5.91. The summed E-state index contributed by atoms with van der Waals surface area (Å²) in [5.74, 6) is 0.258. The Bertz CT molecular complexity index is 1060. The molecule has 0 atom stereocenters. The van der Waals surface area contributed by atoms with Gasteiger partial charge >= 0.3 is 0 Å². The molecule has 0 saturated heterocycles. The van der Waals surface area contributed by atoms with Gasteiger partial charge in [0.15, 0.2) is 0 Å². The van der Waals surface area contributed by atoms with Crippen LogP contribution in [-0.2, 0) is 23.9 Å². The predicted molar refractivity (Wildman–Crippen MR) is 110 cm³/mol. The Morgan fingerprint density at radius 3 is 1.61 bits per heavy atom. The summed E-state index contributed by atoms with van der Waals surface area (Å²) in [4.78, 5) is 44.7. The van der Waals surface area contributed by atoms with Crippen molar-refractivity contribution in [2.75, 3.05) is 0 Å². The summed E-state index contributed by atoms with van der Waals surface area (Å²) in [5, 5.41) is 0. The monoisotopic (exact) mass is 417 g/mol. The summed E-state index contributed by atoms with van der Waals surface area (Å²) in [6.45, 7) is 0.942. The topological polar surface area (TPSA) is 118 Å². The molecule has 3 heterocycles. The summed E-state index contributed by atoms with van der Waals surface area (Å²) >= 11 is 0. The van der Waals surface area contributed by atoms with E-state index >= 15 is 0 Å². The van der Waals surface area contributed by atoms with Crippen molar-refractivity contribution in [1.29, 1.82) is 0 Å². The lowest BCUT2D eigenvalue weighted by atomic mass is 10.1. The molecule has 3 rings (SSSR count). The first-order valence-corrected chi connectivity index (χ1v) is 8.80. The van der Waals surface area contributed by atoms with Gasteiger partial charge in [-0.2, -0.15) is 0 Å². The Morgan fingerprint density at radius 2 is 1.16 bits per heavy atom. The molecule has 3 aromatic rings. The van der Waals surface area contributed by atoms with Crippen molar-refractivity contribution in [2.45, 2.75) is 0 Å². The number of ether oxygens (including phenoxy) is 3. The highest BCUT2D eigenvalue weighted by molar-refractivity contribution is 5.69. The lowest BCUT2D eigenvalue weighted by molar-refractivity contribution is -0.124. The Morgan fingerprint density at radius 1 is 0.645 bits per heavy atom. The SMILES string of the molecule is O=CO/C=C/c1ccnc(-c2cc(OC=O)cc(-c3cc(/C=C/OC=O)ccn3)n2)c1. The smallest absolute Gasteiger partial charge is 0.298 e. The second-order valence-corrected chi connectivity index (χ2v) is 5.81. The van der Waals surface area contributed by atoms with Gasteiger partial charge in [0.05, 0.1) is 35.3 Å². The average molecular weight is 417 g/mol. The molecule has 0 aliphatic carbocycles. The molecule has 0 radical (unpaired) electrons. The molecule has 0 unspecified atom stereocenters. The van der Waals surface area contributed by atoms with E-state index in [1.807, 2.05) is 0 Å². The highest BCUT2D eigenvalue weighted by atomic mass is 16.5. The van der Waals surface area contributed by atoms with E-state index in [2.05, 4.69) is 24.4 Å². The summed E-state index contributed by atoms with van der Waals surface area (Å²) < 4.78 is 14.1. The zero-order valence-corrected chi connectivity index (χ0v) is 16.0. The van der Waals surface area contributed by atoms with E-state index in [1.54, 1.807) is 60.9 Å². The van der Waals surface area contributed by atoms with Crippen LogP contribution in [-0.4, -0.2) is 34.4 Å². The molecule has 0 aromatic carbocycles. The zero-order chi connectivity index (χ0) is 21.9. The maximum absolute atomic E-state index is 10.9. The third-order valence-electron chi connectivity index (χ3n) is 3.87. The van der Waals surface area contributed by atoms with E-state index in [9.17, 15) is 14.4 Å². The van der Waals surface area contributed by atoms with Crippen LogP contribution in [0.1, 0.15) is 11.1 Å². The van der Waals surface area contributed by atoms with Crippen molar-refractivity contribution in [2.24, 2.45) is 0 Å². The second kappa shape index (κ2) is 10.8. The molecule has 0 amide bonds. The molecule has 0 fully saturated rings. The average Bonchev–Trinajstić information content (AvgIpc) is 2.80. The highest BCUT2D eigenvalue weighted by Gasteiger charge is 2.11. The number of hydrogen-bond donors (Lipinski definition) is 0. The lowest BCUT2D eigenvalue weighted by Crippen LogP contribution is -1.96. The molecule has 0 saturated carbocycles. The Kier molecular flexibility index (Phi) is 7.31. The van der Waals surface area contributed by atoms with Crippen molar-refractivity contribution in [3.05, 3.63) is 72.4 Å². The Labute approximate surface area is 176 Å². The molecule has 0 N–H and O–H groups in total. The van der Waals surface area contributed by atoms with E-state index in [0.717, 1.165) is 11.1 Å². The molecule has 9 heteroatoms. The standard InChI is InChI=1S/C22H15N3O6/c26-13-29-7-3-16-1-5-23-19(9-16)21-11-18(31-15-28)12-22(25-21)20-10-17(2-6-24-20)4-8-30-14-27/h1-15H/b7-3+,8-4+. The first kappa shape index (κ1) is 21.1. The molecule has 3 aromatic heterocycles. The Balaban J connectivity index is 2.02. The van der Waals surface area contributed by atoms with Crippen LogP contribution >= 0.6 is 0 Å². The van der Waals surface area contributed by atoms with Crippen LogP contribution in [0.5, 0.6) is 5.75 Å². The number of carbonyl (C=O) groups excluding carboxylic acids is 3. The van der Waals surface area contributed by atoms with Crippen molar-refractivity contribution in [3.8, 4) is 28.5 Å². The van der Waals surface area contributed by atoms with Crippen molar-refractivity contribution in [3.63, 3.8) is 0 Å². The van der Waals surface area contributed by atoms with E-state index in [4.69, 9.17) is 4.74 Å². The van der Waals surface area contributed by atoms with Crippen LogP contribution in [0.4, 0.5) is 0 Å². The minimum absolute atomic E-state index is 0.258. The minimum atomic E-state index is 0.258. The molecule has 154 valence electrons. The van der Waals surface area contributed by atoms with E-state index in [0.29, 0.717) is 42.2 Å². The van der Waals surface area contributed by atoms with Gasteiger partial charge in [0, 0.05) is 24.5 Å². The van der Waals surface area contributed by atoms with Crippen LogP contribution in [0, 0.1) is 0 Å². The fraction of sp³-hybridized carbons (Fsp3) is 0. The predicted octanol–water partition coefficient (Wildman–Crippen LogP) is 3.03. The van der Waals surface area contributed by atoms with Crippen LogP contribution in [0.15, 0.2) is 61.3 Å². The molecular weight excluding hydrogens is 402 g/mol. The van der Waals surface area contributed by atoms with Crippen LogP contribution < -0.4 is 4.74 Å². The van der Waals surface area contributed by atoms with Gasteiger partial charge in [0.2, 0.25) is 0 Å². The quantitative estimate of drug-likeness (QED) is 0.362. The molecule has 0 aliphatic rings. The molecule has 31 heavy (non-hydrogen) atoms. The van der Waals surface area contributed by atoms with Gasteiger partial charge in [-0.25, -0.2) is 4.98 Å². The first-order valence-electron chi connectivity index (χ1n) is 8.80. The van der Waals surface area contributed by atoms with E-state index < -0.39 is 0 Å². The van der Waals surface area contributed by atoms with Gasteiger partial charge in [0.1, 0.15) is 5.75 Å². The number of pyridine rings is 3. The zero-order valence-electron chi connectivity index (χ0n) is 16.0. The van der Waals surface area contributed by atoms with Gasteiger partial charge in [-0.15, -0.1) is 0 Å². The van der Waals surface area contributed by atoms with Gasteiger partial charge in [0.25, 0.3) is 19.4 Å². The molecule has 9 nitrogen and oxygen atoms in total. The minimum Gasteiger partial charge on any atom is -0.437 e. The van der Waals surface area contributed by atoms with Crippen molar-refractivity contribution in [1.82, 2.24) is 15.0 Å². The Hall–Kier alpha value is -4.66. The lowest BCUT2D eigenvalue weighted by Gasteiger charge is -2.08. The maximum Gasteiger partial charge on any atom is 0.298 e. The number of carbonyl (C=O) groups is 3.